The third-order valence-electron chi connectivity index (χ3n) is 4.70. The Morgan fingerprint density at radius 3 is 2.48 bits per heavy atom. The maximum absolute atomic E-state index is 13.1. The summed E-state index contributed by atoms with van der Waals surface area (Å²) in [5, 5.41) is 4.80. The number of urea groups is 1. The van der Waals surface area contributed by atoms with Gasteiger partial charge in [-0.2, -0.15) is 13.2 Å². The molecule has 2 N–H and O–H groups in total. The van der Waals surface area contributed by atoms with Gasteiger partial charge in [0, 0.05) is 23.8 Å². The van der Waals surface area contributed by atoms with Gasteiger partial charge in [0.05, 0.1) is 11.3 Å². The molecule has 1 heterocycles. The molecule has 2 aromatic rings. The van der Waals surface area contributed by atoms with Crippen molar-refractivity contribution in [1.82, 2.24) is 0 Å². The van der Waals surface area contributed by atoms with Gasteiger partial charge in [-0.1, -0.05) is 32.0 Å². The van der Waals surface area contributed by atoms with Crippen LogP contribution in [0.2, 0.25) is 0 Å². The molecule has 0 unspecified atom stereocenters. The summed E-state index contributed by atoms with van der Waals surface area (Å²) in [6.07, 6.45) is -2.90. The SMILES string of the molecule is CC(C)C(=O)N1CCCc2ccc(NC(=O)Nc3ccccc3C(F)(F)F)cc21. The molecule has 3 amide bonds. The zero-order valence-corrected chi connectivity index (χ0v) is 16.1. The van der Waals surface area contributed by atoms with E-state index in [1.807, 2.05) is 19.9 Å². The van der Waals surface area contributed by atoms with Crippen molar-refractivity contribution in [3.8, 4) is 0 Å². The van der Waals surface area contributed by atoms with Crippen LogP contribution in [0.4, 0.5) is 35.0 Å². The van der Waals surface area contributed by atoms with Crippen molar-refractivity contribution in [1.29, 1.82) is 0 Å². The van der Waals surface area contributed by atoms with E-state index in [9.17, 15) is 22.8 Å². The molecule has 0 saturated carbocycles. The van der Waals surface area contributed by atoms with Crippen molar-refractivity contribution in [3.63, 3.8) is 0 Å². The smallest absolute Gasteiger partial charge is 0.312 e. The molecule has 1 aliphatic heterocycles. The van der Waals surface area contributed by atoms with Crippen LogP contribution in [0.3, 0.4) is 0 Å². The fourth-order valence-corrected chi connectivity index (χ4v) is 3.32. The van der Waals surface area contributed by atoms with E-state index in [0.717, 1.165) is 30.2 Å². The first-order chi connectivity index (χ1) is 13.7. The fourth-order valence-electron chi connectivity index (χ4n) is 3.32. The minimum absolute atomic E-state index is 0.00773. The van der Waals surface area contributed by atoms with E-state index in [2.05, 4.69) is 10.6 Å². The molecular formula is C21H22F3N3O2. The number of carbonyl (C=O) groups excluding carboxylic acids is 2. The van der Waals surface area contributed by atoms with Crippen LogP contribution in [0.5, 0.6) is 0 Å². The second-order valence-electron chi connectivity index (χ2n) is 7.21. The van der Waals surface area contributed by atoms with Gasteiger partial charge >= 0.3 is 12.2 Å². The second kappa shape index (κ2) is 8.14. The topological polar surface area (TPSA) is 61.4 Å². The van der Waals surface area contributed by atoms with E-state index < -0.39 is 17.8 Å². The molecule has 8 heteroatoms. The summed E-state index contributed by atoms with van der Waals surface area (Å²) >= 11 is 0. The van der Waals surface area contributed by atoms with Crippen molar-refractivity contribution < 1.29 is 22.8 Å². The Bertz CT molecular complexity index is 926. The number of alkyl halides is 3. The van der Waals surface area contributed by atoms with Gasteiger partial charge in [-0.25, -0.2) is 4.79 Å². The summed E-state index contributed by atoms with van der Waals surface area (Å²) in [4.78, 5) is 26.5. The van der Waals surface area contributed by atoms with Gasteiger partial charge in [0.2, 0.25) is 5.91 Å². The molecule has 0 radical (unpaired) electrons. The van der Waals surface area contributed by atoms with Gasteiger partial charge in [0.25, 0.3) is 0 Å². The number of benzene rings is 2. The highest BCUT2D eigenvalue weighted by atomic mass is 19.4. The highest BCUT2D eigenvalue weighted by molar-refractivity contribution is 6.01. The van der Waals surface area contributed by atoms with Crippen molar-refractivity contribution in [2.75, 3.05) is 22.1 Å². The summed E-state index contributed by atoms with van der Waals surface area (Å²) in [6, 6.07) is 9.17. The Morgan fingerprint density at radius 1 is 1.07 bits per heavy atom. The van der Waals surface area contributed by atoms with Crippen molar-refractivity contribution in [2.45, 2.75) is 32.9 Å². The lowest BCUT2D eigenvalue weighted by atomic mass is 9.99. The van der Waals surface area contributed by atoms with Crippen LogP contribution in [0.15, 0.2) is 42.5 Å². The minimum atomic E-state index is -4.58. The first-order valence-corrected chi connectivity index (χ1v) is 9.35. The zero-order valence-electron chi connectivity index (χ0n) is 16.1. The number of anilines is 3. The Hall–Kier alpha value is -3.03. The summed E-state index contributed by atoms with van der Waals surface area (Å²) in [5.74, 6) is -0.175. The quantitative estimate of drug-likeness (QED) is 0.729. The summed E-state index contributed by atoms with van der Waals surface area (Å²) in [6.45, 7) is 4.24. The average Bonchev–Trinajstić information content (AvgIpc) is 2.66. The summed E-state index contributed by atoms with van der Waals surface area (Å²) in [7, 11) is 0. The van der Waals surface area contributed by atoms with Gasteiger partial charge in [-0.15, -0.1) is 0 Å². The molecule has 2 aromatic carbocycles. The van der Waals surface area contributed by atoms with E-state index in [0.29, 0.717) is 12.2 Å². The molecule has 5 nitrogen and oxygen atoms in total. The number of nitrogens with one attached hydrogen (secondary N) is 2. The van der Waals surface area contributed by atoms with Crippen molar-refractivity contribution in [2.24, 2.45) is 5.92 Å². The lowest BCUT2D eigenvalue weighted by Crippen LogP contribution is -2.38. The minimum Gasteiger partial charge on any atom is -0.312 e. The molecule has 0 atom stereocenters. The van der Waals surface area contributed by atoms with E-state index in [1.165, 1.54) is 18.2 Å². The van der Waals surface area contributed by atoms with Gasteiger partial charge < -0.3 is 15.5 Å². The lowest BCUT2D eigenvalue weighted by Gasteiger charge is -2.31. The van der Waals surface area contributed by atoms with Crippen molar-refractivity contribution in [3.05, 3.63) is 53.6 Å². The van der Waals surface area contributed by atoms with E-state index in [1.54, 1.807) is 17.0 Å². The fraction of sp³-hybridized carbons (Fsp3) is 0.333. The monoisotopic (exact) mass is 405 g/mol. The van der Waals surface area contributed by atoms with E-state index >= 15 is 0 Å². The molecule has 1 aliphatic rings. The summed E-state index contributed by atoms with van der Waals surface area (Å²) in [5.41, 5.74) is 0.873. The third-order valence-corrected chi connectivity index (χ3v) is 4.70. The number of hydrogen-bond donors (Lipinski definition) is 2. The standard InChI is InChI=1S/C21H22F3N3O2/c1-13(2)19(28)27-11-5-6-14-9-10-15(12-18(14)27)25-20(29)26-17-8-4-3-7-16(17)21(22,23)24/h3-4,7-10,12-13H,5-6,11H2,1-2H3,(H2,25,26,29). The number of para-hydroxylation sites is 1. The highest BCUT2D eigenvalue weighted by Gasteiger charge is 2.33. The number of aryl methyl sites for hydroxylation is 1. The van der Waals surface area contributed by atoms with Gasteiger partial charge in [0.15, 0.2) is 0 Å². The number of carbonyl (C=O) groups is 2. The molecular weight excluding hydrogens is 383 g/mol. The van der Waals surface area contributed by atoms with Crippen molar-refractivity contribution >= 4 is 29.0 Å². The zero-order chi connectivity index (χ0) is 21.2. The van der Waals surface area contributed by atoms with Gasteiger partial charge in [0.1, 0.15) is 0 Å². The molecule has 0 spiro atoms. The molecule has 0 fully saturated rings. The molecule has 0 bridgehead atoms. The number of halogens is 3. The number of fused-ring (bicyclic) bond motifs is 1. The van der Waals surface area contributed by atoms with Crippen LogP contribution in [0.1, 0.15) is 31.4 Å². The lowest BCUT2D eigenvalue weighted by molar-refractivity contribution is -0.136. The molecule has 0 saturated heterocycles. The highest BCUT2D eigenvalue weighted by Crippen LogP contribution is 2.35. The Morgan fingerprint density at radius 2 is 1.79 bits per heavy atom. The first-order valence-electron chi connectivity index (χ1n) is 9.35. The molecule has 0 aliphatic carbocycles. The molecule has 29 heavy (non-hydrogen) atoms. The van der Waals surface area contributed by atoms with Crippen LogP contribution in [0.25, 0.3) is 0 Å². The predicted molar refractivity (Wildman–Crippen MR) is 106 cm³/mol. The first kappa shape index (κ1) is 20.7. The molecule has 154 valence electrons. The van der Waals surface area contributed by atoms with Crippen LogP contribution < -0.4 is 15.5 Å². The number of hydrogen-bond acceptors (Lipinski definition) is 2. The summed E-state index contributed by atoms with van der Waals surface area (Å²) < 4.78 is 39.3. The van der Waals surface area contributed by atoms with Crippen LogP contribution in [0, 0.1) is 5.92 Å². The molecule has 0 aromatic heterocycles. The van der Waals surface area contributed by atoms with Gasteiger partial charge in [-0.3, -0.25) is 4.79 Å². The Labute approximate surface area is 166 Å². The third kappa shape index (κ3) is 4.70. The van der Waals surface area contributed by atoms with E-state index in [4.69, 9.17) is 0 Å². The average molecular weight is 405 g/mol. The maximum Gasteiger partial charge on any atom is 0.418 e. The second-order valence-corrected chi connectivity index (χ2v) is 7.21. The number of rotatable bonds is 3. The number of amides is 3. The van der Waals surface area contributed by atoms with Gasteiger partial charge in [-0.05, 0) is 42.7 Å². The largest absolute Gasteiger partial charge is 0.418 e. The van der Waals surface area contributed by atoms with Crippen LogP contribution in [-0.2, 0) is 17.4 Å². The van der Waals surface area contributed by atoms with Crippen LogP contribution in [-0.4, -0.2) is 18.5 Å². The molecule has 3 rings (SSSR count). The maximum atomic E-state index is 13.1. The predicted octanol–water partition coefficient (Wildman–Crippen LogP) is 5.28. The van der Waals surface area contributed by atoms with Crippen LogP contribution >= 0.6 is 0 Å². The normalized spacial score (nSPS) is 13.8. The van der Waals surface area contributed by atoms with E-state index in [-0.39, 0.29) is 17.5 Å². The Balaban J connectivity index is 1.79. The Kier molecular flexibility index (Phi) is 5.81. The number of nitrogens with zero attached hydrogens (tertiary/aromatic N) is 1.